The number of rotatable bonds is 4. The Hall–Kier alpha value is -1.95. The predicted octanol–water partition coefficient (Wildman–Crippen LogP) is 3.35. The molecule has 1 N–H and O–H groups in total. The molecule has 98 valence electrons. The molecule has 0 saturated carbocycles. The largest absolute Gasteiger partial charge is 0.478 e. The van der Waals surface area contributed by atoms with Gasteiger partial charge in [-0.05, 0) is 29.8 Å². The molecule has 0 aliphatic carbocycles. The van der Waals surface area contributed by atoms with Crippen molar-refractivity contribution in [3.8, 4) is 0 Å². The summed E-state index contributed by atoms with van der Waals surface area (Å²) in [7, 11) is 0. The molecule has 0 radical (unpaired) electrons. The first-order valence-electron chi connectivity index (χ1n) is 5.31. The second kappa shape index (κ2) is 5.79. The maximum absolute atomic E-state index is 13.5. The van der Waals surface area contributed by atoms with Crippen molar-refractivity contribution in [2.24, 2.45) is 0 Å². The number of carboxylic acid groups (broad SMARTS) is 1. The number of aromatic nitrogens is 1. The van der Waals surface area contributed by atoms with E-state index in [4.69, 9.17) is 5.11 Å². The highest BCUT2D eigenvalue weighted by molar-refractivity contribution is 7.98. The van der Waals surface area contributed by atoms with Crippen molar-refractivity contribution in [2.75, 3.05) is 0 Å². The molecule has 2 rings (SSSR count). The molecule has 1 heterocycles. The zero-order valence-electron chi connectivity index (χ0n) is 9.64. The van der Waals surface area contributed by atoms with Gasteiger partial charge in [0.1, 0.15) is 11.6 Å². The quantitative estimate of drug-likeness (QED) is 0.873. The molecule has 0 unspecified atom stereocenters. The number of thioether (sulfide) groups is 1. The van der Waals surface area contributed by atoms with E-state index in [1.807, 2.05) is 0 Å². The van der Waals surface area contributed by atoms with Crippen LogP contribution in [0, 0.1) is 11.6 Å². The van der Waals surface area contributed by atoms with Crippen LogP contribution in [0.5, 0.6) is 0 Å². The molecule has 0 amide bonds. The second-order valence-electron chi connectivity index (χ2n) is 3.75. The van der Waals surface area contributed by atoms with Gasteiger partial charge in [0.05, 0.1) is 11.8 Å². The molecule has 0 aliphatic heterocycles. The van der Waals surface area contributed by atoms with Gasteiger partial charge in [0, 0.05) is 16.8 Å². The van der Waals surface area contributed by atoms with Crippen molar-refractivity contribution in [3.05, 3.63) is 59.4 Å². The first kappa shape index (κ1) is 13.5. The minimum Gasteiger partial charge on any atom is -0.478 e. The van der Waals surface area contributed by atoms with Crippen LogP contribution in [0.4, 0.5) is 8.78 Å². The van der Waals surface area contributed by atoms with E-state index < -0.39 is 17.6 Å². The molecule has 2 aromatic rings. The third kappa shape index (κ3) is 3.51. The average molecular weight is 281 g/mol. The number of hydrogen-bond acceptors (Lipinski definition) is 3. The van der Waals surface area contributed by atoms with Crippen molar-refractivity contribution >= 4 is 17.7 Å². The van der Waals surface area contributed by atoms with E-state index in [9.17, 15) is 13.6 Å². The average Bonchev–Trinajstić information content (AvgIpc) is 2.37. The Balaban J connectivity index is 2.15. The summed E-state index contributed by atoms with van der Waals surface area (Å²) in [5.41, 5.74) is 0.617. The van der Waals surface area contributed by atoms with E-state index in [2.05, 4.69) is 4.98 Å². The number of pyridine rings is 1. The van der Waals surface area contributed by atoms with Gasteiger partial charge in [0.25, 0.3) is 0 Å². The fourth-order valence-electron chi connectivity index (χ4n) is 1.44. The van der Waals surface area contributed by atoms with Crippen molar-refractivity contribution in [3.63, 3.8) is 0 Å². The Morgan fingerprint density at radius 2 is 2.05 bits per heavy atom. The van der Waals surface area contributed by atoms with E-state index >= 15 is 0 Å². The second-order valence-corrected chi connectivity index (χ2v) is 4.77. The number of aromatic carboxylic acids is 1. The maximum Gasteiger partial charge on any atom is 0.335 e. The Kier molecular flexibility index (Phi) is 4.11. The van der Waals surface area contributed by atoms with Crippen LogP contribution < -0.4 is 0 Å². The highest BCUT2D eigenvalue weighted by Gasteiger charge is 2.09. The summed E-state index contributed by atoms with van der Waals surface area (Å²) in [5, 5.41) is 8.83. The van der Waals surface area contributed by atoms with Crippen molar-refractivity contribution in [2.45, 2.75) is 10.6 Å². The summed E-state index contributed by atoms with van der Waals surface area (Å²) >= 11 is 1.10. The van der Waals surface area contributed by atoms with Crippen LogP contribution in [0.1, 0.15) is 15.9 Å². The third-order valence-corrected chi connectivity index (χ3v) is 3.44. The smallest absolute Gasteiger partial charge is 0.335 e. The lowest BCUT2D eigenvalue weighted by atomic mass is 10.2. The van der Waals surface area contributed by atoms with Gasteiger partial charge in [-0.25, -0.2) is 13.6 Å². The summed E-state index contributed by atoms with van der Waals surface area (Å²) < 4.78 is 26.4. The van der Waals surface area contributed by atoms with Crippen molar-refractivity contribution < 1.29 is 18.7 Å². The number of carbonyl (C=O) groups is 1. The lowest BCUT2D eigenvalue weighted by Crippen LogP contribution is -1.97. The zero-order valence-corrected chi connectivity index (χ0v) is 10.5. The number of benzene rings is 1. The monoisotopic (exact) mass is 281 g/mol. The van der Waals surface area contributed by atoms with Crippen LogP contribution in [-0.2, 0) is 5.75 Å². The van der Waals surface area contributed by atoms with Gasteiger partial charge in [0.15, 0.2) is 0 Å². The molecule has 6 heteroatoms. The molecule has 1 aromatic carbocycles. The van der Waals surface area contributed by atoms with E-state index in [0.717, 1.165) is 24.0 Å². The van der Waals surface area contributed by atoms with Crippen LogP contribution in [-0.4, -0.2) is 16.1 Å². The molecule has 0 saturated heterocycles. The fourth-order valence-corrected chi connectivity index (χ4v) is 2.34. The van der Waals surface area contributed by atoms with Crippen LogP contribution >= 0.6 is 11.8 Å². The van der Waals surface area contributed by atoms with Gasteiger partial charge in [-0.1, -0.05) is 0 Å². The van der Waals surface area contributed by atoms with Gasteiger partial charge < -0.3 is 5.11 Å². The number of nitrogens with zero attached hydrogens (tertiary/aromatic N) is 1. The molecule has 0 bridgehead atoms. The Morgan fingerprint density at radius 1 is 1.26 bits per heavy atom. The summed E-state index contributed by atoms with van der Waals surface area (Å²) in [6.45, 7) is 0. The number of hydrogen-bond donors (Lipinski definition) is 1. The summed E-state index contributed by atoms with van der Waals surface area (Å²) in [4.78, 5) is 14.7. The molecule has 3 nitrogen and oxygen atoms in total. The summed E-state index contributed by atoms with van der Waals surface area (Å²) in [6.07, 6.45) is 2.56. The first-order chi connectivity index (χ1) is 9.06. The minimum absolute atomic E-state index is 0.0151. The molecule has 0 fully saturated rings. The van der Waals surface area contributed by atoms with Gasteiger partial charge in [-0.2, -0.15) is 0 Å². The Bertz CT molecular complexity index is 619. The summed E-state index contributed by atoms with van der Waals surface area (Å²) in [6, 6.07) is 4.87. The predicted molar refractivity (Wildman–Crippen MR) is 67.1 cm³/mol. The van der Waals surface area contributed by atoms with Gasteiger partial charge >= 0.3 is 5.97 Å². The van der Waals surface area contributed by atoms with E-state index in [1.165, 1.54) is 24.4 Å². The molecule has 1 aromatic heterocycles. The molecule has 0 spiro atoms. The molecular formula is C13H9F2NO2S. The van der Waals surface area contributed by atoms with Crippen LogP contribution in [0.25, 0.3) is 0 Å². The molecule has 19 heavy (non-hydrogen) atoms. The fraction of sp³-hybridized carbons (Fsp3) is 0.0769. The van der Waals surface area contributed by atoms with E-state index in [0.29, 0.717) is 11.3 Å². The Morgan fingerprint density at radius 3 is 2.74 bits per heavy atom. The lowest BCUT2D eigenvalue weighted by molar-refractivity contribution is 0.0696. The highest BCUT2D eigenvalue weighted by atomic mass is 32.2. The maximum atomic E-state index is 13.5. The summed E-state index contributed by atoms with van der Waals surface area (Å²) in [5.74, 6) is -1.77. The van der Waals surface area contributed by atoms with Crippen molar-refractivity contribution in [1.29, 1.82) is 0 Å². The van der Waals surface area contributed by atoms with Crippen molar-refractivity contribution in [1.82, 2.24) is 4.98 Å². The van der Waals surface area contributed by atoms with Gasteiger partial charge in [0.2, 0.25) is 0 Å². The lowest BCUT2D eigenvalue weighted by Gasteiger charge is -2.04. The van der Waals surface area contributed by atoms with Crippen LogP contribution in [0.2, 0.25) is 0 Å². The Labute approximate surface area is 112 Å². The third-order valence-electron chi connectivity index (χ3n) is 2.33. The van der Waals surface area contributed by atoms with E-state index in [-0.39, 0.29) is 10.5 Å². The van der Waals surface area contributed by atoms with Gasteiger partial charge in [-0.3, -0.25) is 4.98 Å². The highest BCUT2D eigenvalue weighted by Crippen LogP contribution is 2.26. The SMILES string of the molecule is O=C(O)c1ccc(F)c(SCc2cncc(F)c2)c1. The van der Waals surface area contributed by atoms with E-state index in [1.54, 1.807) is 0 Å². The standard InChI is InChI=1S/C13H9F2NO2S/c14-10-3-8(5-16-6-10)7-19-12-4-9(13(17)18)1-2-11(12)15/h1-6H,7H2,(H,17,18). The minimum atomic E-state index is -1.12. The number of halogens is 2. The first-order valence-corrected chi connectivity index (χ1v) is 6.30. The van der Waals surface area contributed by atoms with Crippen LogP contribution in [0.3, 0.4) is 0 Å². The normalized spacial score (nSPS) is 10.4. The van der Waals surface area contributed by atoms with Gasteiger partial charge in [-0.15, -0.1) is 11.8 Å². The molecule has 0 aliphatic rings. The molecular weight excluding hydrogens is 272 g/mol. The molecule has 0 atom stereocenters. The zero-order chi connectivity index (χ0) is 13.8. The number of carboxylic acids is 1. The van der Waals surface area contributed by atoms with Crippen LogP contribution in [0.15, 0.2) is 41.6 Å². The topological polar surface area (TPSA) is 50.2 Å².